The topological polar surface area (TPSA) is 40.4 Å². The summed E-state index contributed by atoms with van der Waals surface area (Å²) in [6.45, 7) is 5.29. The Balaban J connectivity index is 1.47. The van der Waals surface area contributed by atoms with Gasteiger partial charge in [-0.25, -0.2) is 0 Å². The van der Waals surface area contributed by atoms with E-state index < -0.39 is 11.7 Å². The zero-order chi connectivity index (χ0) is 19.7. The summed E-state index contributed by atoms with van der Waals surface area (Å²) in [5, 5.41) is 0. The van der Waals surface area contributed by atoms with Crippen molar-refractivity contribution in [1.29, 1.82) is 0 Å². The summed E-state index contributed by atoms with van der Waals surface area (Å²) in [6, 6.07) is 9.88. The molecule has 2 aliphatic heterocycles. The van der Waals surface area contributed by atoms with E-state index in [1.807, 2.05) is 25.1 Å². The first kappa shape index (κ1) is 19.5. The largest absolute Gasteiger partial charge is 0.465 e. The highest BCUT2D eigenvalue weighted by Crippen LogP contribution is 2.35. The normalized spacial score (nSPS) is 26.6. The van der Waals surface area contributed by atoms with Crippen LogP contribution < -0.4 is 10.9 Å². The Morgan fingerprint density at radius 3 is 2.82 bits per heavy atom. The molecule has 0 amide bonds. The molecule has 3 atom stereocenters. The van der Waals surface area contributed by atoms with E-state index in [0.29, 0.717) is 12.5 Å². The van der Waals surface area contributed by atoms with Crippen molar-refractivity contribution in [3.63, 3.8) is 0 Å². The number of piperidine rings is 1. The first-order valence-corrected chi connectivity index (χ1v) is 9.83. The predicted molar refractivity (Wildman–Crippen MR) is 101 cm³/mol. The highest BCUT2D eigenvalue weighted by atomic mass is 19.4. The maximum atomic E-state index is 13.1. The van der Waals surface area contributed by atoms with E-state index in [2.05, 4.69) is 15.8 Å². The Hall–Kier alpha value is -1.83. The van der Waals surface area contributed by atoms with Gasteiger partial charge in [0.25, 0.3) is 0 Å². The van der Waals surface area contributed by atoms with Crippen molar-refractivity contribution in [2.75, 3.05) is 19.6 Å². The van der Waals surface area contributed by atoms with Gasteiger partial charge in [-0.15, -0.1) is 0 Å². The molecule has 1 aromatic carbocycles. The van der Waals surface area contributed by atoms with Crippen LogP contribution in [0.1, 0.15) is 41.4 Å². The van der Waals surface area contributed by atoms with E-state index in [1.54, 1.807) is 0 Å². The van der Waals surface area contributed by atoms with Crippen LogP contribution in [0.4, 0.5) is 13.2 Å². The smallest absolute Gasteiger partial charge is 0.416 e. The van der Waals surface area contributed by atoms with Crippen LogP contribution in [0.15, 0.2) is 40.8 Å². The Morgan fingerprint density at radius 1 is 1.21 bits per heavy atom. The van der Waals surface area contributed by atoms with Crippen LogP contribution in [-0.4, -0.2) is 30.6 Å². The lowest BCUT2D eigenvalue weighted by molar-refractivity contribution is -0.137. The molecule has 4 nitrogen and oxygen atoms in total. The lowest BCUT2D eigenvalue weighted by atomic mass is 9.81. The minimum Gasteiger partial charge on any atom is -0.465 e. The number of aryl methyl sites for hydroxylation is 1. The molecule has 28 heavy (non-hydrogen) atoms. The minimum atomic E-state index is -4.31. The summed E-state index contributed by atoms with van der Waals surface area (Å²) in [6.07, 6.45) is -2.16. The van der Waals surface area contributed by atoms with Gasteiger partial charge in [-0.05, 0) is 56.0 Å². The molecule has 0 aliphatic carbocycles. The van der Waals surface area contributed by atoms with Crippen molar-refractivity contribution in [2.24, 2.45) is 5.92 Å². The second-order valence-electron chi connectivity index (χ2n) is 7.93. The molecule has 4 rings (SSSR count). The van der Waals surface area contributed by atoms with Gasteiger partial charge in [-0.1, -0.05) is 18.2 Å². The van der Waals surface area contributed by atoms with Crippen molar-refractivity contribution >= 4 is 0 Å². The van der Waals surface area contributed by atoms with E-state index in [4.69, 9.17) is 4.42 Å². The number of hydrogen-bond acceptors (Lipinski definition) is 4. The quantitative estimate of drug-likeness (QED) is 0.821. The molecular weight excluding hydrogens is 367 g/mol. The summed E-state index contributed by atoms with van der Waals surface area (Å²) >= 11 is 0. The summed E-state index contributed by atoms with van der Waals surface area (Å²) < 4.78 is 45.1. The molecule has 2 saturated heterocycles. The van der Waals surface area contributed by atoms with Crippen LogP contribution in [0.3, 0.4) is 0 Å². The minimum absolute atomic E-state index is 0.0260. The third-order valence-corrected chi connectivity index (χ3v) is 5.89. The van der Waals surface area contributed by atoms with E-state index in [9.17, 15) is 13.2 Å². The molecule has 2 aliphatic rings. The second kappa shape index (κ2) is 7.89. The highest BCUT2D eigenvalue weighted by Gasteiger charge is 2.38. The van der Waals surface area contributed by atoms with Crippen LogP contribution in [0.5, 0.6) is 0 Å². The third-order valence-electron chi connectivity index (χ3n) is 5.89. The van der Waals surface area contributed by atoms with Crippen molar-refractivity contribution in [3.8, 4) is 0 Å². The number of halogens is 3. The first-order valence-electron chi connectivity index (χ1n) is 9.83. The van der Waals surface area contributed by atoms with Crippen LogP contribution in [0.25, 0.3) is 0 Å². The average molecular weight is 393 g/mol. The number of benzene rings is 1. The maximum Gasteiger partial charge on any atom is 0.416 e. The molecule has 3 heterocycles. The molecule has 7 heteroatoms. The number of nitrogens with one attached hydrogen (secondary N) is 2. The Morgan fingerprint density at radius 2 is 2.07 bits per heavy atom. The fourth-order valence-electron chi connectivity index (χ4n) is 4.55. The molecule has 152 valence electrons. The Labute approximate surface area is 163 Å². The molecule has 3 unspecified atom stereocenters. The Bertz CT molecular complexity index is 804. The van der Waals surface area contributed by atoms with E-state index in [-0.39, 0.29) is 12.0 Å². The first-order chi connectivity index (χ1) is 13.4. The van der Waals surface area contributed by atoms with Crippen LogP contribution in [-0.2, 0) is 12.7 Å². The van der Waals surface area contributed by atoms with Crippen molar-refractivity contribution in [2.45, 2.75) is 44.4 Å². The summed E-state index contributed by atoms with van der Waals surface area (Å²) in [5.74, 6) is 2.28. The third kappa shape index (κ3) is 4.26. The van der Waals surface area contributed by atoms with Crippen molar-refractivity contribution in [1.82, 2.24) is 15.8 Å². The number of hydrazine groups is 1. The molecule has 2 N–H and O–H groups in total. The van der Waals surface area contributed by atoms with Gasteiger partial charge in [0.1, 0.15) is 11.5 Å². The highest BCUT2D eigenvalue weighted by molar-refractivity contribution is 5.30. The summed E-state index contributed by atoms with van der Waals surface area (Å²) in [4.78, 5) is 2.38. The number of likely N-dealkylation sites (tertiary alicyclic amines) is 1. The van der Waals surface area contributed by atoms with E-state index >= 15 is 0 Å². The molecule has 0 saturated carbocycles. The number of furan rings is 1. The fraction of sp³-hybridized carbons (Fsp3) is 0.524. The predicted octanol–water partition coefficient (Wildman–Crippen LogP) is 4.08. The number of alkyl halides is 3. The van der Waals surface area contributed by atoms with Gasteiger partial charge in [0.05, 0.1) is 12.1 Å². The number of nitrogens with zero attached hydrogens (tertiary/aromatic N) is 1. The molecular formula is C21H26F3N3O. The van der Waals surface area contributed by atoms with Gasteiger partial charge in [0.2, 0.25) is 0 Å². The zero-order valence-electron chi connectivity index (χ0n) is 15.9. The number of hydrogen-bond donors (Lipinski definition) is 2. The molecule has 2 fully saturated rings. The zero-order valence-corrected chi connectivity index (χ0v) is 15.9. The molecule has 1 aromatic heterocycles. The van der Waals surface area contributed by atoms with Gasteiger partial charge in [-0.3, -0.25) is 15.8 Å². The lowest BCUT2D eigenvalue weighted by Gasteiger charge is -2.37. The van der Waals surface area contributed by atoms with Gasteiger partial charge in [-0.2, -0.15) is 13.2 Å². The van der Waals surface area contributed by atoms with Gasteiger partial charge >= 0.3 is 6.18 Å². The van der Waals surface area contributed by atoms with Gasteiger partial charge < -0.3 is 4.42 Å². The SMILES string of the molecule is Cc1ccc(CN2CCCC(C3NNCC3c3cccc(C(F)(F)F)c3)C2)o1. The summed E-state index contributed by atoms with van der Waals surface area (Å²) in [5.41, 5.74) is 6.69. The van der Waals surface area contributed by atoms with Crippen LogP contribution in [0.2, 0.25) is 0 Å². The Kier molecular flexibility index (Phi) is 5.49. The lowest BCUT2D eigenvalue weighted by Crippen LogP contribution is -2.46. The number of rotatable bonds is 4. The van der Waals surface area contributed by atoms with Crippen molar-refractivity contribution < 1.29 is 17.6 Å². The molecule has 0 radical (unpaired) electrons. The monoisotopic (exact) mass is 393 g/mol. The standard InChI is InChI=1S/C21H26F3N3O/c1-14-7-8-18(28-14)13-27-9-3-5-16(12-27)20-19(11-25-26-20)15-4-2-6-17(10-15)21(22,23)24/h2,4,6-8,10,16,19-20,25-26H,3,5,9,11-13H2,1H3. The fourth-order valence-corrected chi connectivity index (χ4v) is 4.55. The second-order valence-corrected chi connectivity index (χ2v) is 7.93. The van der Waals surface area contributed by atoms with Crippen LogP contribution in [0, 0.1) is 12.8 Å². The molecule has 0 bridgehead atoms. The van der Waals surface area contributed by atoms with Crippen molar-refractivity contribution in [3.05, 3.63) is 59.0 Å². The maximum absolute atomic E-state index is 13.1. The van der Waals surface area contributed by atoms with Crippen LogP contribution >= 0.6 is 0 Å². The molecule has 0 spiro atoms. The van der Waals surface area contributed by atoms with E-state index in [0.717, 1.165) is 55.6 Å². The van der Waals surface area contributed by atoms with Gasteiger partial charge in [0, 0.05) is 25.0 Å². The van der Waals surface area contributed by atoms with Gasteiger partial charge in [0.15, 0.2) is 0 Å². The summed E-state index contributed by atoms with van der Waals surface area (Å²) in [7, 11) is 0. The van der Waals surface area contributed by atoms with E-state index in [1.165, 1.54) is 12.1 Å². The average Bonchev–Trinajstić information content (AvgIpc) is 3.30. The molecule has 2 aromatic rings.